The number of amides is 1. The third-order valence-electron chi connectivity index (χ3n) is 4.53. The molecule has 1 atom stereocenters. The van der Waals surface area contributed by atoms with Crippen molar-refractivity contribution in [2.45, 2.75) is 19.4 Å². The first kappa shape index (κ1) is 16.6. The van der Waals surface area contributed by atoms with E-state index in [-0.39, 0.29) is 11.9 Å². The maximum Gasteiger partial charge on any atom is 0.270 e. The second-order valence-corrected chi connectivity index (χ2v) is 8.36. The molecule has 1 aromatic heterocycles. The lowest BCUT2D eigenvalue weighted by Gasteiger charge is -2.21. The molecule has 4 rings (SSSR count). The zero-order chi connectivity index (χ0) is 18.5. The van der Waals surface area contributed by atoms with Gasteiger partial charge < -0.3 is 0 Å². The van der Waals surface area contributed by atoms with Crippen molar-refractivity contribution < 1.29 is 13.2 Å². The molecule has 1 aliphatic rings. The van der Waals surface area contributed by atoms with Crippen molar-refractivity contribution in [3.8, 4) is 0 Å². The minimum absolute atomic E-state index is 0.157. The average molecular weight is 370 g/mol. The highest BCUT2D eigenvalue weighted by atomic mass is 32.2. The molecule has 0 radical (unpaired) electrons. The molecule has 3 aromatic rings. The van der Waals surface area contributed by atoms with Crippen LogP contribution in [0.5, 0.6) is 0 Å². The molecule has 134 valence electrons. The number of rotatable bonds is 3. The number of para-hydroxylation sites is 2. The summed E-state index contributed by atoms with van der Waals surface area (Å²) >= 11 is 0. The van der Waals surface area contributed by atoms with E-state index in [4.69, 9.17) is 0 Å². The minimum atomic E-state index is -3.34. The molecule has 1 unspecified atom stereocenters. The van der Waals surface area contributed by atoms with Crippen LogP contribution < -0.4 is 9.73 Å². The van der Waals surface area contributed by atoms with Crippen molar-refractivity contribution in [2.24, 2.45) is 0 Å². The fourth-order valence-corrected chi connectivity index (χ4v) is 4.74. The largest absolute Gasteiger partial charge is 0.270 e. The van der Waals surface area contributed by atoms with E-state index in [1.54, 1.807) is 29.2 Å². The Morgan fingerprint density at radius 3 is 2.77 bits per heavy atom. The summed E-state index contributed by atoms with van der Waals surface area (Å²) in [6.07, 6.45) is 3.34. The summed E-state index contributed by atoms with van der Waals surface area (Å²) in [5.74, 6) is -0.276. The van der Waals surface area contributed by atoms with E-state index in [9.17, 15) is 13.2 Å². The van der Waals surface area contributed by atoms with Crippen LogP contribution in [0, 0.1) is 0 Å². The van der Waals surface area contributed by atoms with Crippen LogP contribution in [0.1, 0.15) is 22.8 Å². The van der Waals surface area contributed by atoms with Crippen molar-refractivity contribution in [3.63, 3.8) is 0 Å². The molecule has 0 saturated carbocycles. The molecule has 0 spiro atoms. The second kappa shape index (κ2) is 5.84. The third kappa shape index (κ3) is 2.72. The fraction of sp³-hybridized carbons (Fsp3) is 0.222. The predicted octanol–water partition coefficient (Wildman–Crippen LogP) is 2.13. The van der Waals surface area contributed by atoms with Gasteiger partial charge in [-0.2, -0.15) is 0 Å². The van der Waals surface area contributed by atoms with Crippen LogP contribution in [0.4, 0.5) is 5.69 Å². The summed E-state index contributed by atoms with van der Waals surface area (Å²) in [5, 5.41) is 0. The van der Waals surface area contributed by atoms with Crippen molar-refractivity contribution in [3.05, 3.63) is 59.9 Å². The molecule has 1 amide bonds. The highest BCUT2D eigenvalue weighted by Crippen LogP contribution is 2.34. The first-order valence-corrected chi connectivity index (χ1v) is 10.1. The van der Waals surface area contributed by atoms with Gasteiger partial charge in [-0.1, -0.05) is 12.1 Å². The average Bonchev–Trinajstić information content (AvgIpc) is 3.14. The Morgan fingerprint density at radius 1 is 1.23 bits per heavy atom. The first-order valence-electron chi connectivity index (χ1n) is 8.20. The lowest BCUT2D eigenvalue weighted by Crippen LogP contribution is -2.34. The maximum atomic E-state index is 12.6. The van der Waals surface area contributed by atoms with Crippen LogP contribution >= 0.6 is 0 Å². The normalized spacial score (nSPS) is 16.7. The fourth-order valence-electron chi connectivity index (χ4n) is 3.47. The summed E-state index contributed by atoms with van der Waals surface area (Å²) in [5.41, 5.74) is 6.38. The van der Waals surface area contributed by atoms with Crippen molar-refractivity contribution in [1.29, 1.82) is 0 Å². The standard InChI is InChI=1S/C18H18N4O3S/c1-12-9-14-10-13(7-8-16(14)22(12)26(2,24)25)18(23)20-21-11-19-15-5-3-4-6-17(15)21/h3-8,10-12H,9H2,1-2H3,(H,20,23). The van der Waals surface area contributed by atoms with Crippen LogP contribution in [0.3, 0.4) is 0 Å². The highest BCUT2D eigenvalue weighted by Gasteiger charge is 2.32. The van der Waals surface area contributed by atoms with E-state index in [2.05, 4.69) is 10.4 Å². The topological polar surface area (TPSA) is 84.3 Å². The summed E-state index contributed by atoms with van der Waals surface area (Å²) in [4.78, 5) is 16.9. The number of anilines is 1. The summed E-state index contributed by atoms with van der Waals surface area (Å²) in [6, 6.07) is 12.4. The quantitative estimate of drug-likeness (QED) is 0.765. The van der Waals surface area contributed by atoms with Gasteiger partial charge in [0.15, 0.2) is 0 Å². The molecule has 1 N–H and O–H groups in total. The SMILES string of the molecule is CC1Cc2cc(C(=O)Nn3cnc4ccccc43)ccc2N1S(C)(=O)=O. The number of hydrogen-bond acceptors (Lipinski definition) is 4. The zero-order valence-corrected chi connectivity index (χ0v) is 15.2. The molecule has 8 heteroatoms. The molecular formula is C18H18N4O3S. The Bertz CT molecular complexity index is 1120. The number of nitrogens with zero attached hydrogens (tertiary/aromatic N) is 3. The Morgan fingerprint density at radius 2 is 2.00 bits per heavy atom. The van der Waals surface area contributed by atoms with Gasteiger partial charge in [0.05, 0.1) is 23.0 Å². The molecule has 2 heterocycles. The van der Waals surface area contributed by atoms with Gasteiger partial charge in [-0.15, -0.1) is 0 Å². The third-order valence-corrected chi connectivity index (χ3v) is 5.80. The summed E-state index contributed by atoms with van der Waals surface area (Å²) in [7, 11) is -3.34. The number of carbonyl (C=O) groups excluding carboxylic acids is 1. The second-order valence-electron chi connectivity index (χ2n) is 6.50. The number of sulfonamides is 1. The van der Waals surface area contributed by atoms with Gasteiger partial charge in [0.25, 0.3) is 5.91 Å². The van der Waals surface area contributed by atoms with Crippen molar-refractivity contribution >= 4 is 32.7 Å². The number of hydrogen-bond donors (Lipinski definition) is 1. The molecule has 7 nitrogen and oxygen atoms in total. The number of imidazole rings is 1. The van der Waals surface area contributed by atoms with E-state index in [0.717, 1.165) is 16.6 Å². The van der Waals surface area contributed by atoms with Crippen LogP contribution in [-0.2, 0) is 16.4 Å². The molecule has 2 aromatic carbocycles. The van der Waals surface area contributed by atoms with Gasteiger partial charge in [-0.25, -0.2) is 18.1 Å². The monoisotopic (exact) mass is 370 g/mol. The first-order chi connectivity index (χ1) is 12.3. The van der Waals surface area contributed by atoms with Crippen LogP contribution in [0.25, 0.3) is 11.0 Å². The Hall–Kier alpha value is -2.87. The molecule has 1 aliphatic heterocycles. The van der Waals surface area contributed by atoms with Crippen LogP contribution in [0.2, 0.25) is 0 Å². The number of fused-ring (bicyclic) bond motifs is 2. The number of carbonyl (C=O) groups is 1. The lowest BCUT2D eigenvalue weighted by atomic mass is 10.1. The lowest BCUT2D eigenvalue weighted by molar-refractivity contribution is 0.101. The van der Waals surface area contributed by atoms with E-state index in [1.165, 1.54) is 10.6 Å². The smallest absolute Gasteiger partial charge is 0.267 e. The Labute approximate surface area is 151 Å². The highest BCUT2D eigenvalue weighted by molar-refractivity contribution is 7.92. The minimum Gasteiger partial charge on any atom is -0.267 e. The number of aromatic nitrogens is 2. The summed E-state index contributed by atoms with van der Waals surface area (Å²) in [6.45, 7) is 1.86. The molecule has 26 heavy (non-hydrogen) atoms. The molecule has 0 fully saturated rings. The van der Waals surface area contributed by atoms with Gasteiger partial charge in [0, 0.05) is 11.6 Å². The van der Waals surface area contributed by atoms with Gasteiger partial charge in [-0.3, -0.25) is 14.5 Å². The van der Waals surface area contributed by atoms with E-state index in [0.29, 0.717) is 17.7 Å². The van der Waals surface area contributed by atoms with Gasteiger partial charge in [0.2, 0.25) is 10.0 Å². The maximum absolute atomic E-state index is 12.6. The van der Waals surface area contributed by atoms with Crippen molar-refractivity contribution in [1.82, 2.24) is 9.66 Å². The van der Waals surface area contributed by atoms with Crippen LogP contribution in [0.15, 0.2) is 48.8 Å². The van der Waals surface area contributed by atoms with Gasteiger partial charge >= 0.3 is 0 Å². The van der Waals surface area contributed by atoms with E-state index >= 15 is 0 Å². The van der Waals surface area contributed by atoms with Crippen LogP contribution in [-0.4, -0.2) is 36.3 Å². The zero-order valence-electron chi connectivity index (χ0n) is 14.4. The molecular weight excluding hydrogens is 352 g/mol. The number of nitrogens with one attached hydrogen (secondary N) is 1. The molecule has 0 saturated heterocycles. The van der Waals surface area contributed by atoms with Crippen molar-refractivity contribution in [2.75, 3.05) is 16.0 Å². The van der Waals surface area contributed by atoms with Gasteiger partial charge in [0.1, 0.15) is 6.33 Å². The Kier molecular flexibility index (Phi) is 3.73. The van der Waals surface area contributed by atoms with Gasteiger partial charge in [-0.05, 0) is 49.2 Å². The predicted molar refractivity (Wildman–Crippen MR) is 100 cm³/mol. The van der Waals surface area contributed by atoms with E-state index in [1.807, 2.05) is 31.2 Å². The number of benzene rings is 2. The molecule has 0 bridgehead atoms. The summed E-state index contributed by atoms with van der Waals surface area (Å²) < 4.78 is 27.0. The van der Waals surface area contributed by atoms with E-state index < -0.39 is 10.0 Å². The Balaban J connectivity index is 1.63. The molecule has 0 aliphatic carbocycles.